The van der Waals surface area contributed by atoms with E-state index in [1.165, 1.54) is 54.4 Å². The van der Waals surface area contributed by atoms with Gasteiger partial charge in [0.25, 0.3) is 0 Å². The number of hydrogen-bond donors (Lipinski definition) is 0. The smallest absolute Gasteiger partial charge is 0.160 e. The fraction of sp³-hybridized carbons (Fsp3) is 0.0645. The van der Waals surface area contributed by atoms with Crippen LogP contribution in [-0.4, -0.2) is 16.1 Å². The Balaban J connectivity index is 1.07. The fourth-order valence-electron chi connectivity index (χ4n) is 10.4. The normalized spacial score (nSPS) is 15.7. The molecule has 1 atom stereocenters. The van der Waals surface area contributed by atoms with Crippen molar-refractivity contribution in [2.45, 2.75) is 20.0 Å². The van der Waals surface area contributed by atoms with Crippen LogP contribution in [0.25, 0.3) is 87.8 Å². The van der Waals surface area contributed by atoms with Crippen LogP contribution in [0.2, 0.25) is 0 Å². The van der Waals surface area contributed by atoms with Crippen molar-refractivity contribution in [2.75, 3.05) is 0 Å². The van der Waals surface area contributed by atoms with Gasteiger partial charge in [0.1, 0.15) is 12.4 Å². The molecule has 0 aliphatic carbocycles. The molecule has 2 aliphatic heterocycles. The maximum atomic E-state index is 6.46. The summed E-state index contributed by atoms with van der Waals surface area (Å²) in [5, 5.41) is 9.68. The molecule has 11 aromatic rings. The number of aromatic nitrogens is 1. The van der Waals surface area contributed by atoms with E-state index in [4.69, 9.17) is 14.7 Å². The largest absolute Gasteiger partial charge is 0.488 e. The topological polar surface area (TPSA) is 38.9 Å². The van der Waals surface area contributed by atoms with Crippen LogP contribution in [0.4, 0.5) is 0 Å². The third-order valence-electron chi connectivity index (χ3n) is 13.7. The molecular formula is C62H43N3O. The van der Waals surface area contributed by atoms with Crippen LogP contribution >= 0.6 is 0 Å². The van der Waals surface area contributed by atoms with Crippen LogP contribution in [0.3, 0.4) is 0 Å². The number of benzene rings is 10. The number of hydrogen-bond acceptors (Lipinski definition) is 3. The van der Waals surface area contributed by atoms with E-state index >= 15 is 0 Å². The number of amidine groups is 1. The Hall–Kier alpha value is -8.34. The summed E-state index contributed by atoms with van der Waals surface area (Å²) in [6.07, 6.45) is 3.10. The van der Waals surface area contributed by atoms with Gasteiger partial charge in [-0.3, -0.25) is 0 Å². The Kier molecular flexibility index (Phi) is 8.92. The van der Waals surface area contributed by atoms with E-state index < -0.39 is 0 Å². The van der Waals surface area contributed by atoms with Crippen LogP contribution in [0.5, 0.6) is 5.75 Å². The van der Waals surface area contributed by atoms with E-state index in [0.717, 1.165) is 73.5 Å². The number of nitrogens with zero attached hydrogens (tertiary/aromatic N) is 3. The molecule has 0 bridgehead atoms. The molecule has 2 aliphatic rings. The molecule has 0 saturated heterocycles. The lowest BCUT2D eigenvalue weighted by Gasteiger charge is -2.25. The van der Waals surface area contributed by atoms with E-state index in [-0.39, 0.29) is 5.92 Å². The predicted molar refractivity (Wildman–Crippen MR) is 276 cm³/mol. The summed E-state index contributed by atoms with van der Waals surface area (Å²) in [6, 6.07) is 74.5. The molecule has 0 radical (unpaired) electrons. The second-order valence-corrected chi connectivity index (χ2v) is 17.7. The number of aliphatic imine (C=N–C) groups is 2. The van der Waals surface area contributed by atoms with Crippen molar-refractivity contribution in [3.63, 3.8) is 0 Å². The Labute approximate surface area is 383 Å². The van der Waals surface area contributed by atoms with E-state index in [9.17, 15) is 0 Å². The van der Waals surface area contributed by atoms with Crippen LogP contribution in [-0.2, 0) is 6.61 Å². The minimum absolute atomic E-state index is 0.0804. The van der Waals surface area contributed by atoms with Crippen molar-refractivity contribution in [3.05, 3.63) is 235 Å². The average Bonchev–Trinajstić information content (AvgIpc) is 3.69. The van der Waals surface area contributed by atoms with Crippen molar-refractivity contribution >= 4 is 71.4 Å². The summed E-state index contributed by atoms with van der Waals surface area (Å²) in [5.41, 5.74) is 14.1. The number of rotatable bonds is 5. The van der Waals surface area contributed by atoms with Gasteiger partial charge in [-0.25, -0.2) is 9.98 Å². The van der Waals surface area contributed by atoms with Gasteiger partial charge in [0.05, 0.1) is 28.1 Å². The lowest BCUT2D eigenvalue weighted by Crippen LogP contribution is -2.17. The predicted octanol–water partition coefficient (Wildman–Crippen LogP) is 15.8. The SMILES string of the molecule is CC1C/C=C(\c2cc3c(cc2-n2c4ccccc4c4cc5ccccc5cc42)-c2ccccc2OC3)N=C(c2ccc3c(ccc4ccccc43)c2)N=C1c1cccc(-c2ccccc2)c1. The van der Waals surface area contributed by atoms with Gasteiger partial charge in [0.2, 0.25) is 0 Å². The first-order valence-electron chi connectivity index (χ1n) is 22.9. The highest BCUT2D eigenvalue weighted by molar-refractivity contribution is 6.18. The van der Waals surface area contributed by atoms with Crippen molar-refractivity contribution in [1.82, 2.24) is 4.57 Å². The zero-order valence-electron chi connectivity index (χ0n) is 36.4. The Bertz CT molecular complexity index is 3870. The summed E-state index contributed by atoms with van der Waals surface area (Å²) >= 11 is 0. The highest BCUT2D eigenvalue weighted by Crippen LogP contribution is 2.44. The molecule has 1 aromatic heterocycles. The monoisotopic (exact) mass is 845 g/mol. The van der Waals surface area contributed by atoms with Crippen molar-refractivity contribution < 1.29 is 4.74 Å². The molecule has 10 aromatic carbocycles. The molecule has 4 heteroatoms. The van der Waals surface area contributed by atoms with Crippen molar-refractivity contribution in [1.29, 1.82) is 0 Å². The lowest BCUT2D eigenvalue weighted by molar-refractivity contribution is 0.302. The van der Waals surface area contributed by atoms with Gasteiger partial charge < -0.3 is 9.30 Å². The molecule has 13 rings (SSSR count). The zero-order chi connectivity index (χ0) is 43.7. The molecule has 66 heavy (non-hydrogen) atoms. The second-order valence-electron chi connectivity index (χ2n) is 17.7. The number of fused-ring (bicyclic) bond motifs is 10. The molecule has 0 saturated carbocycles. The summed E-state index contributed by atoms with van der Waals surface area (Å²) in [5.74, 6) is 1.66. The van der Waals surface area contributed by atoms with Crippen LogP contribution in [0, 0.1) is 5.92 Å². The lowest BCUT2D eigenvalue weighted by atomic mass is 9.90. The molecule has 0 fully saturated rings. The third-order valence-corrected chi connectivity index (χ3v) is 13.7. The first-order valence-corrected chi connectivity index (χ1v) is 22.9. The van der Waals surface area contributed by atoms with Gasteiger partial charge in [-0.05, 0) is 115 Å². The standard InChI is InChI=1S/C62H43N3O/c1-39-26-31-56(63-62(47-29-30-50-45(33-47)28-27-41-16-7-8-21-49(41)50)64-61(39)46-20-13-19-42(32-46)40-14-3-2-4-15-40)55-35-48-38-66-60-25-12-10-23-52(60)53(48)37-59(55)65-57-24-11-9-22-51(57)54-34-43-17-5-6-18-44(43)36-58(54)65/h2-25,27-37,39H,26,38H2,1H3/b56-31+,63-62?,64-61?. The molecule has 0 amide bonds. The molecule has 0 N–H and O–H groups in total. The molecule has 312 valence electrons. The quantitative estimate of drug-likeness (QED) is 0.159. The van der Waals surface area contributed by atoms with Crippen molar-refractivity contribution in [2.24, 2.45) is 15.9 Å². The minimum atomic E-state index is 0.0804. The van der Waals surface area contributed by atoms with E-state index in [1.54, 1.807) is 0 Å². The van der Waals surface area contributed by atoms with Gasteiger partial charge in [-0.1, -0.05) is 171 Å². The van der Waals surface area contributed by atoms with Gasteiger partial charge in [-0.15, -0.1) is 0 Å². The fourth-order valence-corrected chi connectivity index (χ4v) is 10.4. The highest BCUT2D eigenvalue weighted by atomic mass is 16.5. The minimum Gasteiger partial charge on any atom is -0.488 e. The molecule has 3 heterocycles. The van der Waals surface area contributed by atoms with E-state index in [0.29, 0.717) is 12.4 Å². The van der Waals surface area contributed by atoms with E-state index in [2.05, 4.69) is 224 Å². The summed E-state index contributed by atoms with van der Waals surface area (Å²) in [4.78, 5) is 11.4. The Morgan fingerprint density at radius 1 is 0.455 bits per heavy atom. The van der Waals surface area contributed by atoms with Crippen molar-refractivity contribution in [3.8, 4) is 33.7 Å². The molecule has 4 nitrogen and oxygen atoms in total. The second kappa shape index (κ2) is 15.4. The zero-order valence-corrected chi connectivity index (χ0v) is 36.4. The first-order chi connectivity index (χ1) is 32.6. The number of para-hydroxylation sites is 2. The number of ether oxygens (including phenoxy) is 1. The van der Waals surface area contributed by atoms with Crippen LogP contribution in [0.15, 0.2) is 222 Å². The van der Waals surface area contributed by atoms with Crippen LogP contribution in [0.1, 0.15) is 35.6 Å². The summed E-state index contributed by atoms with van der Waals surface area (Å²) < 4.78 is 8.92. The Morgan fingerprint density at radius 2 is 1.17 bits per heavy atom. The number of allylic oxidation sites excluding steroid dienone is 1. The molecule has 1 unspecified atom stereocenters. The third kappa shape index (κ3) is 6.36. The van der Waals surface area contributed by atoms with Gasteiger partial charge in [-0.2, -0.15) is 0 Å². The molecule has 0 spiro atoms. The molecular weight excluding hydrogens is 803 g/mol. The van der Waals surface area contributed by atoms with Gasteiger partial charge in [0, 0.05) is 33.4 Å². The average molecular weight is 846 g/mol. The summed E-state index contributed by atoms with van der Waals surface area (Å²) in [6.45, 7) is 2.77. The van der Waals surface area contributed by atoms with Crippen LogP contribution < -0.4 is 4.74 Å². The van der Waals surface area contributed by atoms with E-state index in [1.807, 2.05) is 0 Å². The summed E-state index contributed by atoms with van der Waals surface area (Å²) in [7, 11) is 0. The van der Waals surface area contributed by atoms with Gasteiger partial charge in [0.15, 0.2) is 5.84 Å². The maximum absolute atomic E-state index is 6.46. The van der Waals surface area contributed by atoms with Gasteiger partial charge >= 0.3 is 0 Å². The highest BCUT2D eigenvalue weighted by Gasteiger charge is 2.26. The Morgan fingerprint density at radius 3 is 2.06 bits per heavy atom. The maximum Gasteiger partial charge on any atom is 0.160 e. The first kappa shape index (κ1) is 38.1.